The summed E-state index contributed by atoms with van der Waals surface area (Å²) in [6.45, 7) is 1.59. The first kappa shape index (κ1) is 16.7. The number of nitrogens with zero attached hydrogens (tertiary/aromatic N) is 2. The monoisotopic (exact) mass is 318 g/mol. The van der Waals surface area contributed by atoms with Gasteiger partial charge < -0.3 is 10.0 Å². The van der Waals surface area contributed by atoms with E-state index in [0.717, 1.165) is 12.8 Å². The van der Waals surface area contributed by atoms with Crippen molar-refractivity contribution >= 4 is 15.9 Å². The van der Waals surface area contributed by atoms with Crippen molar-refractivity contribution in [3.63, 3.8) is 0 Å². The fraction of sp³-hybridized carbons (Fsp3) is 0.929. The van der Waals surface area contributed by atoms with Crippen LogP contribution >= 0.6 is 0 Å². The maximum absolute atomic E-state index is 12.7. The second-order valence-corrected chi connectivity index (χ2v) is 8.11. The highest BCUT2D eigenvalue weighted by atomic mass is 32.2. The summed E-state index contributed by atoms with van der Waals surface area (Å²) in [5.74, 6) is 0.0867. The lowest BCUT2D eigenvalue weighted by Gasteiger charge is -2.41. The van der Waals surface area contributed by atoms with Crippen molar-refractivity contribution < 1.29 is 18.3 Å². The summed E-state index contributed by atoms with van der Waals surface area (Å²) in [6.07, 6.45) is 6.32. The second-order valence-electron chi connectivity index (χ2n) is 6.13. The van der Waals surface area contributed by atoms with Crippen LogP contribution in [0, 0.1) is 5.92 Å². The van der Waals surface area contributed by atoms with E-state index in [0.29, 0.717) is 44.9 Å². The standard InChI is InChI=1S/C14H26N2O4S/c1-21(19,20)15-9-6-12(7-10-15)14(18)16(8-3-11-17)13-4-2-5-13/h12-13,17H,2-11H2,1H3. The van der Waals surface area contributed by atoms with E-state index in [1.807, 2.05) is 4.90 Å². The molecule has 0 radical (unpaired) electrons. The van der Waals surface area contributed by atoms with Crippen LogP contribution in [0.3, 0.4) is 0 Å². The fourth-order valence-corrected chi connectivity index (χ4v) is 3.96. The lowest BCUT2D eigenvalue weighted by Crippen LogP contribution is -2.50. The molecule has 0 unspecified atom stereocenters. The molecule has 1 saturated carbocycles. The number of hydrogen-bond acceptors (Lipinski definition) is 4. The Morgan fingerprint density at radius 3 is 2.29 bits per heavy atom. The Bertz CT molecular complexity index is 454. The number of piperidine rings is 1. The Kier molecular flexibility index (Phi) is 5.62. The molecule has 0 aromatic carbocycles. The molecular formula is C14H26N2O4S. The van der Waals surface area contributed by atoms with Crippen molar-refractivity contribution in [3.8, 4) is 0 Å². The Morgan fingerprint density at radius 1 is 1.24 bits per heavy atom. The van der Waals surface area contributed by atoms with Gasteiger partial charge in [-0.1, -0.05) is 0 Å². The molecule has 0 aromatic heterocycles. The van der Waals surface area contributed by atoms with Crippen LogP contribution in [0.1, 0.15) is 38.5 Å². The van der Waals surface area contributed by atoms with Gasteiger partial charge in [0.05, 0.1) is 6.26 Å². The highest BCUT2D eigenvalue weighted by Gasteiger charge is 2.35. The molecule has 122 valence electrons. The predicted molar refractivity (Wildman–Crippen MR) is 80.2 cm³/mol. The second kappa shape index (κ2) is 7.07. The number of carbonyl (C=O) groups is 1. The first-order chi connectivity index (χ1) is 9.93. The van der Waals surface area contributed by atoms with Crippen molar-refractivity contribution in [2.24, 2.45) is 5.92 Å². The van der Waals surface area contributed by atoms with Gasteiger partial charge in [0.1, 0.15) is 0 Å². The van der Waals surface area contributed by atoms with Crippen LogP contribution in [-0.4, -0.2) is 67.2 Å². The van der Waals surface area contributed by atoms with Crippen molar-refractivity contribution in [1.82, 2.24) is 9.21 Å². The smallest absolute Gasteiger partial charge is 0.226 e. The van der Waals surface area contributed by atoms with Crippen LogP contribution in [0.2, 0.25) is 0 Å². The Labute approximate surface area is 127 Å². The minimum atomic E-state index is -3.14. The zero-order valence-corrected chi connectivity index (χ0v) is 13.5. The van der Waals surface area contributed by atoms with Gasteiger partial charge >= 0.3 is 0 Å². The summed E-state index contributed by atoms with van der Waals surface area (Å²) >= 11 is 0. The Balaban J connectivity index is 1.92. The zero-order chi connectivity index (χ0) is 15.5. The summed E-state index contributed by atoms with van der Waals surface area (Å²) in [5, 5.41) is 8.99. The third-order valence-corrected chi connectivity index (χ3v) is 5.93. The maximum Gasteiger partial charge on any atom is 0.226 e. The number of amides is 1. The van der Waals surface area contributed by atoms with E-state index in [-0.39, 0.29) is 18.4 Å². The number of sulfonamides is 1. The van der Waals surface area contributed by atoms with Crippen molar-refractivity contribution in [3.05, 3.63) is 0 Å². The van der Waals surface area contributed by atoms with Gasteiger partial charge in [-0.05, 0) is 38.5 Å². The molecule has 1 amide bonds. The number of hydrogen-bond donors (Lipinski definition) is 1. The summed E-state index contributed by atoms with van der Waals surface area (Å²) in [5.41, 5.74) is 0. The third kappa shape index (κ3) is 4.17. The predicted octanol–water partition coefficient (Wildman–Crippen LogP) is 0.421. The van der Waals surface area contributed by atoms with E-state index in [1.54, 1.807) is 0 Å². The third-order valence-electron chi connectivity index (χ3n) is 4.63. The lowest BCUT2D eigenvalue weighted by atomic mass is 9.88. The molecule has 7 heteroatoms. The van der Waals surface area contributed by atoms with Crippen LogP contribution in [0.15, 0.2) is 0 Å². The number of rotatable bonds is 6. The van der Waals surface area contributed by atoms with Gasteiger partial charge in [0.2, 0.25) is 15.9 Å². The molecule has 1 aliphatic heterocycles. The van der Waals surface area contributed by atoms with Crippen LogP contribution in [0.4, 0.5) is 0 Å². The maximum atomic E-state index is 12.7. The summed E-state index contributed by atoms with van der Waals surface area (Å²) in [7, 11) is -3.14. The Hall–Kier alpha value is -0.660. The molecule has 0 bridgehead atoms. The first-order valence-electron chi connectivity index (χ1n) is 7.80. The molecule has 21 heavy (non-hydrogen) atoms. The van der Waals surface area contributed by atoms with Crippen LogP contribution in [0.25, 0.3) is 0 Å². The van der Waals surface area contributed by atoms with Gasteiger partial charge in [-0.3, -0.25) is 4.79 Å². The van der Waals surface area contributed by atoms with Gasteiger partial charge in [0.25, 0.3) is 0 Å². The molecule has 2 fully saturated rings. The summed E-state index contributed by atoms with van der Waals surface area (Å²) in [4.78, 5) is 14.6. The molecule has 0 aromatic rings. The Morgan fingerprint density at radius 2 is 1.86 bits per heavy atom. The zero-order valence-electron chi connectivity index (χ0n) is 12.7. The van der Waals surface area contributed by atoms with Crippen LogP contribution in [-0.2, 0) is 14.8 Å². The quantitative estimate of drug-likeness (QED) is 0.770. The van der Waals surface area contributed by atoms with E-state index in [1.165, 1.54) is 17.0 Å². The molecule has 1 N–H and O–H groups in total. The topological polar surface area (TPSA) is 77.9 Å². The van der Waals surface area contributed by atoms with Gasteiger partial charge in [-0.25, -0.2) is 12.7 Å². The van der Waals surface area contributed by atoms with E-state index in [9.17, 15) is 13.2 Å². The van der Waals surface area contributed by atoms with Crippen molar-refractivity contribution in [1.29, 1.82) is 0 Å². The minimum Gasteiger partial charge on any atom is -0.396 e. The van der Waals surface area contributed by atoms with Gasteiger partial charge in [-0.2, -0.15) is 0 Å². The van der Waals surface area contributed by atoms with E-state index >= 15 is 0 Å². The van der Waals surface area contributed by atoms with Crippen molar-refractivity contribution in [2.75, 3.05) is 32.5 Å². The highest BCUT2D eigenvalue weighted by Crippen LogP contribution is 2.29. The van der Waals surface area contributed by atoms with E-state index in [2.05, 4.69) is 0 Å². The summed E-state index contributed by atoms with van der Waals surface area (Å²) < 4.78 is 24.5. The van der Waals surface area contributed by atoms with Gasteiger partial charge in [-0.15, -0.1) is 0 Å². The molecule has 6 nitrogen and oxygen atoms in total. The van der Waals surface area contributed by atoms with Crippen LogP contribution < -0.4 is 0 Å². The number of aliphatic hydroxyl groups is 1. The molecule has 0 spiro atoms. The van der Waals surface area contributed by atoms with E-state index in [4.69, 9.17) is 5.11 Å². The molecule has 2 rings (SSSR count). The van der Waals surface area contributed by atoms with Crippen LogP contribution in [0.5, 0.6) is 0 Å². The normalized spacial score (nSPS) is 22.0. The molecule has 1 aliphatic carbocycles. The fourth-order valence-electron chi connectivity index (χ4n) is 3.08. The molecule has 1 saturated heterocycles. The number of aliphatic hydroxyl groups excluding tert-OH is 1. The highest BCUT2D eigenvalue weighted by molar-refractivity contribution is 7.88. The molecule has 0 atom stereocenters. The summed E-state index contributed by atoms with van der Waals surface area (Å²) in [6, 6.07) is 0.331. The minimum absolute atomic E-state index is 0.0673. The van der Waals surface area contributed by atoms with Gasteiger partial charge in [0.15, 0.2) is 0 Å². The van der Waals surface area contributed by atoms with Crippen molar-refractivity contribution in [2.45, 2.75) is 44.6 Å². The average molecular weight is 318 g/mol. The van der Waals surface area contributed by atoms with Gasteiger partial charge in [0, 0.05) is 38.2 Å². The molecule has 2 aliphatic rings. The largest absolute Gasteiger partial charge is 0.396 e. The molecular weight excluding hydrogens is 292 g/mol. The molecule has 1 heterocycles. The van der Waals surface area contributed by atoms with E-state index < -0.39 is 10.0 Å². The first-order valence-corrected chi connectivity index (χ1v) is 9.64. The average Bonchev–Trinajstić information content (AvgIpc) is 2.39. The SMILES string of the molecule is CS(=O)(=O)N1CCC(C(=O)N(CCCO)C2CCC2)CC1. The number of carbonyl (C=O) groups excluding carboxylic acids is 1. The lowest BCUT2D eigenvalue weighted by molar-refractivity contribution is -0.141.